The average molecular weight is 473 g/mol. The van der Waals surface area contributed by atoms with Gasteiger partial charge in [-0.3, -0.25) is 0 Å². The lowest BCUT2D eigenvalue weighted by molar-refractivity contribution is -0.0343. The molecule has 0 saturated carbocycles. The van der Waals surface area contributed by atoms with Gasteiger partial charge in [0, 0.05) is 19.2 Å². The van der Waals surface area contributed by atoms with Crippen LogP contribution in [0.25, 0.3) is 11.1 Å². The number of sulfonamides is 1. The largest absolute Gasteiger partial charge is 0.444 e. The average Bonchev–Trinajstić information content (AvgIpc) is 2.80. The van der Waals surface area contributed by atoms with E-state index in [1.807, 2.05) is 30.3 Å². The molecule has 2 saturated heterocycles. The summed E-state index contributed by atoms with van der Waals surface area (Å²) in [6.07, 6.45) is 4.09. The molecular formula is C25H32N2O5S. The first-order valence-corrected chi connectivity index (χ1v) is 13.4. The van der Waals surface area contributed by atoms with Crippen molar-refractivity contribution in [1.82, 2.24) is 9.62 Å². The zero-order valence-electron chi connectivity index (χ0n) is 19.0. The summed E-state index contributed by atoms with van der Waals surface area (Å²) in [5.41, 5.74) is 3.25. The van der Waals surface area contributed by atoms with E-state index >= 15 is 0 Å². The number of nitrogens with zero attached hydrogens (tertiary/aromatic N) is 1. The lowest BCUT2D eigenvalue weighted by Crippen LogP contribution is -2.58. The molecule has 0 aromatic heterocycles. The molecule has 8 heteroatoms. The quantitative estimate of drug-likeness (QED) is 0.695. The molecule has 0 spiro atoms. The number of carbonyl (C=O) groups excluding carboxylic acids is 1. The Balaban J connectivity index is 1.57. The summed E-state index contributed by atoms with van der Waals surface area (Å²) in [6.45, 7) is 1.64. The molecule has 2 aliphatic heterocycles. The number of ether oxygens (including phenoxy) is 2. The number of benzene rings is 2. The van der Waals surface area contributed by atoms with Crippen LogP contribution in [0, 0.1) is 0 Å². The fraction of sp³-hybridized carbons (Fsp3) is 0.480. The molecule has 3 atom stereocenters. The summed E-state index contributed by atoms with van der Waals surface area (Å²) in [5.74, 6) is 0. The van der Waals surface area contributed by atoms with Crippen molar-refractivity contribution in [2.24, 2.45) is 0 Å². The Kier molecular flexibility index (Phi) is 7.67. The Bertz CT molecular complexity index is 1040. The van der Waals surface area contributed by atoms with E-state index in [9.17, 15) is 13.2 Å². The molecule has 0 bridgehead atoms. The van der Waals surface area contributed by atoms with Crippen LogP contribution in [0.1, 0.15) is 31.2 Å². The third-order valence-corrected chi connectivity index (χ3v) is 6.97. The van der Waals surface area contributed by atoms with Gasteiger partial charge in [-0.1, -0.05) is 54.6 Å². The van der Waals surface area contributed by atoms with Crippen molar-refractivity contribution in [1.29, 1.82) is 0 Å². The standard InChI is InChI=1S/C25H32N2O5S/c1-33(29,30)26-23-13-6-14-27(25(28)32-22-12-7-15-31-18-22)24(23)17-19-8-5-11-21(16-19)20-9-3-2-4-10-20/h2-5,8-11,16,22-24,26H,6-7,12-15,17-18H2,1H3/t22?,23-,24-/m1/s1. The SMILES string of the molecule is CS(=O)(=O)N[C@@H]1CCCN(C(=O)OC2CCCOC2)[C@@H]1Cc1cccc(-c2ccccc2)c1. The number of amides is 1. The van der Waals surface area contributed by atoms with Gasteiger partial charge >= 0.3 is 6.09 Å². The first kappa shape index (κ1) is 23.7. The topological polar surface area (TPSA) is 84.9 Å². The maximum atomic E-state index is 13.1. The maximum absolute atomic E-state index is 13.1. The molecule has 2 aromatic carbocycles. The molecule has 2 aromatic rings. The Morgan fingerprint density at radius 1 is 1.09 bits per heavy atom. The number of hydrogen-bond donors (Lipinski definition) is 1. The predicted molar refractivity (Wildman–Crippen MR) is 127 cm³/mol. The monoisotopic (exact) mass is 472 g/mol. The molecule has 4 rings (SSSR count). The van der Waals surface area contributed by atoms with Crippen LogP contribution in [0.4, 0.5) is 4.79 Å². The molecule has 2 aliphatic rings. The van der Waals surface area contributed by atoms with Crippen LogP contribution in [0.2, 0.25) is 0 Å². The Morgan fingerprint density at radius 2 is 1.88 bits per heavy atom. The summed E-state index contributed by atoms with van der Waals surface area (Å²) in [4.78, 5) is 14.8. The van der Waals surface area contributed by atoms with Crippen molar-refractivity contribution in [2.45, 2.75) is 50.3 Å². The van der Waals surface area contributed by atoms with E-state index in [1.165, 1.54) is 0 Å². The zero-order chi connectivity index (χ0) is 23.3. The Morgan fingerprint density at radius 3 is 2.61 bits per heavy atom. The maximum Gasteiger partial charge on any atom is 0.410 e. The Labute approximate surface area is 196 Å². The van der Waals surface area contributed by atoms with Crippen LogP contribution in [-0.2, 0) is 25.9 Å². The van der Waals surface area contributed by atoms with Gasteiger partial charge in [-0.25, -0.2) is 17.9 Å². The highest BCUT2D eigenvalue weighted by Gasteiger charge is 2.37. The lowest BCUT2D eigenvalue weighted by Gasteiger charge is -2.41. The van der Waals surface area contributed by atoms with Crippen molar-refractivity contribution in [3.8, 4) is 11.1 Å². The number of piperidine rings is 1. The van der Waals surface area contributed by atoms with Crippen LogP contribution in [0.5, 0.6) is 0 Å². The highest BCUT2D eigenvalue weighted by molar-refractivity contribution is 7.88. The van der Waals surface area contributed by atoms with Gasteiger partial charge in [0.25, 0.3) is 0 Å². The number of hydrogen-bond acceptors (Lipinski definition) is 5. The molecule has 2 heterocycles. The Hall–Kier alpha value is -2.42. The summed E-state index contributed by atoms with van der Waals surface area (Å²) in [5, 5.41) is 0. The number of rotatable bonds is 6. The van der Waals surface area contributed by atoms with E-state index in [0.717, 1.165) is 35.8 Å². The van der Waals surface area contributed by atoms with E-state index in [4.69, 9.17) is 9.47 Å². The minimum atomic E-state index is -3.43. The van der Waals surface area contributed by atoms with Gasteiger partial charge in [0.05, 0.1) is 18.9 Å². The minimum absolute atomic E-state index is 0.253. The van der Waals surface area contributed by atoms with Crippen LogP contribution in [0.3, 0.4) is 0 Å². The summed E-state index contributed by atoms with van der Waals surface area (Å²) >= 11 is 0. The van der Waals surface area contributed by atoms with Crippen molar-refractivity contribution in [3.63, 3.8) is 0 Å². The minimum Gasteiger partial charge on any atom is -0.444 e. The molecule has 1 N–H and O–H groups in total. The van der Waals surface area contributed by atoms with Crippen molar-refractivity contribution < 1.29 is 22.7 Å². The normalized spacial score (nSPS) is 23.8. The van der Waals surface area contributed by atoms with Crippen molar-refractivity contribution in [2.75, 3.05) is 26.0 Å². The lowest BCUT2D eigenvalue weighted by atomic mass is 9.90. The molecule has 1 amide bonds. The molecule has 178 valence electrons. The number of likely N-dealkylation sites (tertiary alicyclic amines) is 1. The van der Waals surface area contributed by atoms with Gasteiger partial charge < -0.3 is 14.4 Å². The summed E-state index contributed by atoms with van der Waals surface area (Å²) < 4.78 is 38.1. The van der Waals surface area contributed by atoms with Crippen LogP contribution >= 0.6 is 0 Å². The predicted octanol–water partition coefficient (Wildman–Crippen LogP) is 3.59. The van der Waals surface area contributed by atoms with E-state index in [1.54, 1.807) is 4.90 Å². The molecule has 1 unspecified atom stereocenters. The fourth-order valence-corrected chi connectivity index (χ4v) is 5.54. The summed E-state index contributed by atoms with van der Waals surface area (Å²) in [7, 11) is -3.43. The second-order valence-electron chi connectivity index (χ2n) is 8.89. The van der Waals surface area contributed by atoms with Crippen molar-refractivity contribution in [3.05, 3.63) is 60.2 Å². The molecule has 0 aliphatic carbocycles. The van der Waals surface area contributed by atoms with Crippen molar-refractivity contribution >= 4 is 16.1 Å². The first-order chi connectivity index (χ1) is 15.9. The van der Waals surface area contributed by atoms with Gasteiger partial charge in [-0.15, -0.1) is 0 Å². The second kappa shape index (κ2) is 10.7. The van der Waals surface area contributed by atoms with Gasteiger partial charge in [0.1, 0.15) is 6.10 Å². The molecular weight excluding hydrogens is 440 g/mol. The van der Waals surface area contributed by atoms with E-state index in [0.29, 0.717) is 39.0 Å². The van der Waals surface area contributed by atoms with E-state index < -0.39 is 16.1 Å². The van der Waals surface area contributed by atoms with E-state index in [-0.39, 0.29) is 18.2 Å². The number of nitrogens with one attached hydrogen (secondary N) is 1. The molecule has 33 heavy (non-hydrogen) atoms. The fourth-order valence-electron chi connectivity index (χ4n) is 4.71. The van der Waals surface area contributed by atoms with E-state index in [2.05, 4.69) is 29.0 Å². The third-order valence-electron chi connectivity index (χ3n) is 6.24. The van der Waals surface area contributed by atoms with Gasteiger partial charge in [0.15, 0.2) is 0 Å². The highest BCUT2D eigenvalue weighted by Crippen LogP contribution is 2.26. The molecule has 7 nitrogen and oxygen atoms in total. The third kappa shape index (κ3) is 6.56. The first-order valence-electron chi connectivity index (χ1n) is 11.6. The van der Waals surface area contributed by atoms with Crippen LogP contribution < -0.4 is 4.72 Å². The second-order valence-corrected chi connectivity index (χ2v) is 10.7. The van der Waals surface area contributed by atoms with Gasteiger partial charge in [-0.05, 0) is 48.8 Å². The van der Waals surface area contributed by atoms with Crippen LogP contribution in [0.15, 0.2) is 54.6 Å². The highest BCUT2D eigenvalue weighted by atomic mass is 32.2. The molecule has 2 fully saturated rings. The smallest absolute Gasteiger partial charge is 0.410 e. The summed E-state index contributed by atoms with van der Waals surface area (Å²) in [6, 6.07) is 17.6. The molecule has 0 radical (unpaired) electrons. The van der Waals surface area contributed by atoms with Crippen LogP contribution in [-0.4, -0.2) is 63.6 Å². The zero-order valence-corrected chi connectivity index (χ0v) is 19.8. The number of carbonyl (C=O) groups is 1. The van der Waals surface area contributed by atoms with Gasteiger partial charge in [0.2, 0.25) is 10.0 Å². The van der Waals surface area contributed by atoms with Gasteiger partial charge in [-0.2, -0.15) is 0 Å².